The minimum absolute atomic E-state index is 0.273. The normalized spacial score (nSPS) is 11.0. The SMILES string of the molecule is O=C(c1ccc2ccccc2c1)c1cc(C(=O)c2ccc3ccccc3c2)c(O)c(O)c1O. The number of benzene rings is 5. The van der Waals surface area contributed by atoms with Crippen molar-refractivity contribution < 1.29 is 24.9 Å². The van der Waals surface area contributed by atoms with Crippen molar-refractivity contribution in [3.8, 4) is 17.2 Å². The Kier molecular flexibility index (Phi) is 4.79. The fourth-order valence-corrected chi connectivity index (χ4v) is 3.97. The molecule has 0 amide bonds. The predicted molar refractivity (Wildman–Crippen MR) is 126 cm³/mol. The average Bonchev–Trinajstić information content (AvgIpc) is 2.86. The van der Waals surface area contributed by atoms with E-state index in [-0.39, 0.29) is 22.3 Å². The molecule has 0 heterocycles. The van der Waals surface area contributed by atoms with E-state index >= 15 is 0 Å². The van der Waals surface area contributed by atoms with Crippen LogP contribution in [0.1, 0.15) is 31.8 Å². The van der Waals surface area contributed by atoms with Crippen molar-refractivity contribution in [1.82, 2.24) is 0 Å². The Morgan fingerprint density at radius 1 is 0.455 bits per heavy atom. The summed E-state index contributed by atoms with van der Waals surface area (Å²) in [6.07, 6.45) is 0. The van der Waals surface area contributed by atoms with Crippen LogP contribution in [-0.2, 0) is 0 Å². The molecule has 0 atom stereocenters. The number of hydrogen-bond acceptors (Lipinski definition) is 5. The van der Waals surface area contributed by atoms with Crippen LogP contribution in [0.25, 0.3) is 21.5 Å². The smallest absolute Gasteiger partial charge is 0.201 e. The van der Waals surface area contributed by atoms with Gasteiger partial charge in [-0.1, -0.05) is 72.8 Å². The van der Waals surface area contributed by atoms with Crippen molar-refractivity contribution in [3.05, 3.63) is 113 Å². The van der Waals surface area contributed by atoms with E-state index in [1.807, 2.05) is 48.5 Å². The first-order valence-corrected chi connectivity index (χ1v) is 10.3. The Morgan fingerprint density at radius 2 is 0.848 bits per heavy atom. The monoisotopic (exact) mass is 434 g/mol. The third-order valence-corrected chi connectivity index (χ3v) is 5.76. The van der Waals surface area contributed by atoms with Crippen LogP contribution in [0.2, 0.25) is 0 Å². The minimum Gasteiger partial charge on any atom is -0.504 e. The molecule has 5 aromatic carbocycles. The molecule has 0 aliphatic heterocycles. The molecule has 5 nitrogen and oxygen atoms in total. The number of carbonyl (C=O) groups excluding carboxylic acids is 2. The lowest BCUT2D eigenvalue weighted by atomic mass is 9.93. The van der Waals surface area contributed by atoms with Crippen molar-refractivity contribution in [2.45, 2.75) is 0 Å². The van der Waals surface area contributed by atoms with Gasteiger partial charge >= 0.3 is 0 Å². The summed E-state index contributed by atoms with van der Waals surface area (Å²) in [7, 11) is 0. The topological polar surface area (TPSA) is 94.8 Å². The maximum Gasteiger partial charge on any atom is 0.201 e. The van der Waals surface area contributed by atoms with Gasteiger partial charge in [-0.05, 0) is 39.7 Å². The summed E-state index contributed by atoms with van der Waals surface area (Å²) in [5.41, 5.74) is 0.00540. The lowest BCUT2D eigenvalue weighted by Gasteiger charge is -2.12. The lowest BCUT2D eigenvalue weighted by Crippen LogP contribution is -2.07. The number of phenolic OH excluding ortho intramolecular Hbond substituents is 3. The number of carbonyl (C=O) groups is 2. The fourth-order valence-electron chi connectivity index (χ4n) is 3.97. The van der Waals surface area contributed by atoms with Crippen molar-refractivity contribution in [3.63, 3.8) is 0 Å². The Labute approximate surface area is 188 Å². The molecule has 0 unspecified atom stereocenters. The molecule has 3 N–H and O–H groups in total. The van der Waals surface area contributed by atoms with Crippen LogP contribution in [0.4, 0.5) is 0 Å². The highest BCUT2D eigenvalue weighted by atomic mass is 16.3. The maximum absolute atomic E-state index is 13.2. The molecule has 0 aliphatic carbocycles. The van der Waals surface area contributed by atoms with E-state index in [9.17, 15) is 24.9 Å². The number of ketones is 2. The van der Waals surface area contributed by atoms with Gasteiger partial charge in [-0.2, -0.15) is 0 Å². The molecular formula is C28H18O5. The maximum atomic E-state index is 13.2. The van der Waals surface area contributed by atoms with E-state index in [2.05, 4.69) is 0 Å². The van der Waals surface area contributed by atoms with Gasteiger partial charge in [-0.25, -0.2) is 0 Å². The molecule has 5 aromatic rings. The van der Waals surface area contributed by atoms with Crippen LogP contribution in [0, 0.1) is 0 Å². The standard InChI is InChI=1S/C28H18O5/c29-24(20-11-9-16-5-1-3-7-18(16)13-20)22-15-23(27(32)28(33)26(22)31)25(30)21-12-10-17-6-2-4-8-19(17)14-21/h1-15,31-33H. The molecule has 0 fully saturated rings. The first kappa shape index (κ1) is 20.3. The lowest BCUT2D eigenvalue weighted by molar-refractivity contribution is 0.103. The van der Waals surface area contributed by atoms with E-state index in [0.717, 1.165) is 27.6 Å². The Bertz CT molecular complexity index is 1470. The number of hydrogen-bond donors (Lipinski definition) is 3. The first-order chi connectivity index (χ1) is 15.9. The van der Waals surface area contributed by atoms with Gasteiger partial charge in [0.2, 0.25) is 5.75 Å². The van der Waals surface area contributed by atoms with Gasteiger partial charge < -0.3 is 15.3 Å². The Morgan fingerprint density at radius 3 is 1.27 bits per heavy atom. The van der Waals surface area contributed by atoms with Crippen LogP contribution in [0.3, 0.4) is 0 Å². The van der Waals surface area contributed by atoms with Gasteiger partial charge in [0.15, 0.2) is 23.1 Å². The van der Waals surface area contributed by atoms with Crippen LogP contribution in [-0.4, -0.2) is 26.9 Å². The molecule has 5 heteroatoms. The third kappa shape index (κ3) is 3.46. The summed E-state index contributed by atoms with van der Waals surface area (Å²) in [4.78, 5) is 26.4. The largest absolute Gasteiger partial charge is 0.504 e. The van der Waals surface area contributed by atoms with Crippen LogP contribution < -0.4 is 0 Å². The Hall–Kier alpha value is -4.64. The quantitative estimate of drug-likeness (QED) is 0.254. The molecular weight excluding hydrogens is 416 g/mol. The zero-order valence-corrected chi connectivity index (χ0v) is 17.3. The molecule has 5 rings (SSSR count). The molecule has 33 heavy (non-hydrogen) atoms. The average molecular weight is 434 g/mol. The van der Waals surface area contributed by atoms with Crippen molar-refractivity contribution in [1.29, 1.82) is 0 Å². The molecule has 160 valence electrons. The number of rotatable bonds is 4. The minimum atomic E-state index is -0.911. The zero-order valence-electron chi connectivity index (χ0n) is 17.3. The van der Waals surface area contributed by atoms with E-state index in [0.29, 0.717) is 0 Å². The second-order valence-corrected chi connectivity index (χ2v) is 7.80. The number of phenols is 3. The molecule has 0 saturated heterocycles. The van der Waals surface area contributed by atoms with Crippen LogP contribution in [0.15, 0.2) is 91.0 Å². The summed E-state index contributed by atoms with van der Waals surface area (Å²) in [6.45, 7) is 0. The van der Waals surface area contributed by atoms with E-state index < -0.39 is 28.8 Å². The number of aromatic hydroxyl groups is 3. The summed E-state index contributed by atoms with van der Waals surface area (Å²) < 4.78 is 0. The highest BCUT2D eigenvalue weighted by Gasteiger charge is 2.26. The third-order valence-electron chi connectivity index (χ3n) is 5.76. The zero-order chi connectivity index (χ0) is 23.1. The van der Waals surface area contributed by atoms with Gasteiger partial charge in [0, 0.05) is 11.1 Å². The van der Waals surface area contributed by atoms with Crippen molar-refractivity contribution in [2.24, 2.45) is 0 Å². The van der Waals surface area contributed by atoms with E-state index in [4.69, 9.17) is 0 Å². The molecule has 0 bridgehead atoms. The predicted octanol–water partition coefficient (Wildman–Crippen LogP) is 5.57. The second kappa shape index (κ2) is 7.80. The first-order valence-electron chi connectivity index (χ1n) is 10.3. The summed E-state index contributed by atoms with van der Waals surface area (Å²) in [5.74, 6) is -3.63. The Balaban J connectivity index is 1.61. The highest BCUT2D eigenvalue weighted by molar-refractivity contribution is 6.17. The summed E-state index contributed by atoms with van der Waals surface area (Å²) >= 11 is 0. The summed E-state index contributed by atoms with van der Waals surface area (Å²) in [6, 6.07) is 26.3. The van der Waals surface area contributed by atoms with Gasteiger partial charge in [0.05, 0.1) is 11.1 Å². The van der Waals surface area contributed by atoms with Crippen LogP contribution >= 0.6 is 0 Å². The van der Waals surface area contributed by atoms with Gasteiger partial charge in [0.25, 0.3) is 0 Å². The van der Waals surface area contributed by atoms with Crippen molar-refractivity contribution in [2.75, 3.05) is 0 Å². The molecule has 0 saturated carbocycles. The van der Waals surface area contributed by atoms with Crippen molar-refractivity contribution >= 4 is 33.1 Å². The fraction of sp³-hybridized carbons (Fsp3) is 0. The second-order valence-electron chi connectivity index (χ2n) is 7.80. The van der Waals surface area contributed by atoms with E-state index in [1.54, 1.807) is 36.4 Å². The van der Waals surface area contributed by atoms with Gasteiger partial charge in [-0.15, -0.1) is 0 Å². The molecule has 0 aromatic heterocycles. The highest BCUT2D eigenvalue weighted by Crippen LogP contribution is 2.42. The molecule has 0 aliphatic rings. The summed E-state index contributed by atoms with van der Waals surface area (Å²) in [5, 5.41) is 34.6. The number of fused-ring (bicyclic) bond motifs is 2. The molecule has 0 radical (unpaired) electrons. The van der Waals surface area contributed by atoms with Crippen LogP contribution in [0.5, 0.6) is 17.2 Å². The van der Waals surface area contributed by atoms with E-state index in [1.165, 1.54) is 0 Å². The molecule has 0 spiro atoms. The van der Waals surface area contributed by atoms with Gasteiger partial charge in [0.1, 0.15) is 0 Å². The van der Waals surface area contributed by atoms with Gasteiger partial charge in [-0.3, -0.25) is 9.59 Å².